The maximum Gasteiger partial charge on any atom is 0.325 e. The molecular weight excluding hydrogens is 350 g/mol. The lowest BCUT2D eigenvalue weighted by Gasteiger charge is -2.10. The minimum Gasteiger partial charge on any atom is -0.480 e. The number of aryl methyl sites for hydroxylation is 1. The van der Waals surface area contributed by atoms with Gasteiger partial charge in [0.15, 0.2) is 0 Å². The molecule has 1 aromatic heterocycles. The van der Waals surface area contributed by atoms with Crippen molar-refractivity contribution >= 4 is 27.8 Å². The molecule has 0 unspecified atom stereocenters. The Balaban J connectivity index is 2.22. The molecule has 0 saturated carbocycles. The number of aromatic nitrogens is 2. The van der Waals surface area contributed by atoms with Gasteiger partial charge >= 0.3 is 5.97 Å². The molecule has 1 atom stereocenters. The third kappa shape index (κ3) is 3.19. The van der Waals surface area contributed by atoms with Crippen LogP contribution in [0.3, 0.4) is 0 Å². The molecular formula is C15H16BrN3O3. The highest BCUT2D eigenvalue weighted by Crippen LogP contribution is 2.23. The summed E-state index contributed by atoms with van der Waals surface area (Å²) in [7, 11) is 0. The van der Waals surface area contributed by atoms with Gasteiger partial charge in [-0.3, -0.25) is 9.59 Å². The summed E-state index contributed by atoms with van der Waals surface area (Å²) in [5.41, 5.74) is 3.08. The van der Waals surface area contributed by atoms with E-state index < -0.39 is 17.9 Å². The average Bonchev–Trinajstić information content (AvgIpc) is 2.75. The number of hydrogen-bond donors (Lipinski definition) is 2. The molecule has 6 nitrogen and oxygen atoms in total. The molecule has 0 aliphatic carbocycles. The van der Waals surface area contributed by atoms with Crippen LogP contribution in [0.25, 0.3) is 5.69 Å². The van der Waals surface area contributed by atoms with Gasteiger partial charge in [-0.15, -0.1) is 0 Å². The van der Waals surface area contributed by atoms with Crippen LogP contribution < -0.4 is 5.32 Å². The summed E-state index contributed by atoms with van der Waals surface area (Å²) in [6.45, 7) is 5.27. The SMILES string of the molecule is Cc1nn(-c2ccc(C(=O)N[C@H](C)C(=O)O)cc2)c(C)c1Br. The van der Waals surface area contributed by atoms with E-state index in [2.05, 4.69) is 26.3 Å². The van der Waals surface area contributed by atoms with E-state index in [9.17, 15) is 9.59 Å². The van der Waals surface area contributed by atoms with Gasteiger partial charge in [-0.1, -0.05) is 0 Å². The van der Waals surface area contributed by atoms with Gasteiger partial charge in [0.1, 0.15) is 6.04 Å². The summed E-state index contributed by atoms with van der Waals surface area (Å²) in [5, 5.41) is 15.6. The second-order valence-corrected chi connectivity index (χ2v) is 5.77. The number of aliphatic carboxylic acids is 1. The molecule has 1 amide bonds. The van der Waals surface area contributed by atoms with E-state index in [0.717, 1.165) is 21.5 Å². The molecule has 2 N–H and O–H groups in total. The summed E-state index contributed by atoms with van der Waals surface area (Å²) < 4.78 is 2.73. The lowest BCUT2D eigenvalue weighted by atomic mass is 10.2. The quantitative estimate of drug-likeness (QED) is 0.871. The number of amides is 1. The number of rotatable bonds is 4. The van der Waals surface area contributed by atoms with Crippen molar-refractivity contribution < 1.29 is 14.7 Å². The zero-order valence-electron chi connectivity index (χ0n) is 12.4. The Kier molecular flexibility index (Phi) is 4.65. The van der Waals surface area contributed by atoms with Gasteiger partial charge < -0.3 is 10.4 Å². The monoisotopic (exact) mass is 365 g/mol. The van der Waals surface area contributed by atoms with E-state index in [0.29, 0.717) is 5.56 Å². The van der Waals surface area contributed by atoms with Crippen LogP contribution in [0.5, 0.6) is 0 Å². The Morgan fingerprint density at radius 2 is 1.86 bits per heavy atom. The maximum atomic E-state index is 11.9. The molecule has 0 bridgehead atoms. The molecule has 7 heteroatoms. The zero-order chi connectivity index (χ0) is 16.4. The van der Waals surface area contributed by atoms with Crippen molar-refractivity contribution in [3.63, 3.8) is 0 Å². The third-order valence-corrected chi connectivity index (χ3v) is 4.44. The number of nitrogens with one attached hydrogen (secondary N) is 1. The molecule has 0 aliphatic rings. The Labute approximate surface area is 136 Å². The number of carboxylic acid groups (broad SMARTS) is 1. The van der Waals surface area contributed by atoms with Crippen molar-refractivity contribution in [2.45, 2.75) is 26.8 Å². The van der Waals surface area contributed by atoms with Crippen LogP contribution in [0, 0.1) is 13.8 Å². The van der Waals surface area contributed by atoms with Crippen LogP contribution in [0.15, 0.2) is 28.7 Å². The highest BCUT2D eigenvalue weighted by Gasteiger charge is 2.16. The molecule has 116 valence electrons. The van der Waals surface area contributed by atoms with Gasteiger partial charge in [0.2, 0.25) is 0 Å². The number of halogens is 1. The smallest absolute Gasteiger partial charge is 0.325 e. The second kappa shape index (κ2) is 6.31. The van der Waals surface area contributed by atoms with E-state index in [4.69, 9.17) is 5.11 Å². The van der Waals surface area contributed by atoms with Crippen LogP contribution >= 0.6 is 15.9 Å². The van der Waals surface area contributed by atoms with E-state index in [1.807, 2.05) is 13.8 Å². The summed E-state index contributed by atoms with van der Waals surface area (Å²) >= 11 is 3.47. The largest absolute Gasteiger partial charge is 0.480 e. The summed E-state index contributed by atoms with van der Waals surface area (Å²) in [6, 6.07) is 5.89. The summed E-state index contributed by atoms with van der Waals surface area (Å²) in [6.07, 6.45) is 0. The number of carbonyl (C=O) groups is 2. The number of nitrogens with zero attached hydrogens (tertiary/aromatic N) is 2. The number of hydrogen-bond acceptors (Lipinski definition) is 3. The Morgan fingerprint density at radius 3 is 2.32 bits per heavy atom. The summed E-state index contributed by atoms with van der Waals surface area (Å²) in [5.74, 6) is -1.49. The van der Waals surface area contributed by atoms with Gasteiger partial charge in [0, 0.05) is 5.56 Å². The predicted octanol–water partition coefficient (Wildman–Crippen LogP) is 2.45. The maximum absolute atomic E-state index is 11.9. The second-order valence-electron chi connectivity index (χ2n) is 4.98. The Morgan fingerprint density at radius 1 is 1.27 bits per heavy atom. The van der Waals surface area contributed by atoms with Crippen molar-refractivity contribution in [1.82, 2.24) is 15.1 Å². The lowest BCUT2D eigenvalue weighted by Crippen LogP contribution is -2.38. The average molecular weight is 366 g/mol. The minimum absolute atomic E-state index is 0.400. The third-order valence-electron chi connectivity index (χ3n) is 3.30. The topological polar surface area (TPSA) is 84.2 Å². The molecule has 0 radical (unpaired) electrons. The highest BCUT2D eigenvalue weighted by molar-refractivity contribution is 9.10. The van der Waals surface area contributed by atoms with Crippen molar-refractivity contribution in [2.24, 2.45) is 0 Å². The van der Waals surface area contributed by atoms with E-state index >= 15 is 0 Å². The van der Waals surface area contributed by atoms with E-state index in [1.54, 1.807) is 28.9 Å². The van der Waals surface area contributed by atoms with Gasteiger partial charge in [-0.25, -0.2) is 4.68 Å². The molecule has 22 heavy (non-hydrogen) atoms. The molecule has 2 aromatic rings. The molecule has 0 saturated heterocycles. The van der Waals surface area contributed by atoms with Crippen molar-refractivity contribution in [2.75, 3.05) is 0 Å². The zero-order valence-corrected chi connectivity index (χ0v) is 14.0. The standard InChI is InChI=1S/C15H16BrN3O3/c1-8-13(16)10(3)19(18-8)12-6-4-11(5-7-12)14(20)17-9(2)15(21)22/h4-7,9H,1-3H3,(H,17,20)(H,21,22)/t9-/m1/s1. The highest BCUT2D eigenvalue weighted by atomic mass is 79.9. The Bertz CT molecular complexity index is 722. The first-order valence-electron chi connectivity index (χ1n) is 6.67. The lowest BCUT2D eigenvalue weighted by molar-refractivity contribution is -0.138. The van der Waals surface area contributed by atoms with Gasteiger partial charge in [-0.2, -0.15) is 5.10 Å². The van der Waals surface area contributed by atoms with E-state index in [1.165, 1.54) is 6.92 Å². The van der Waals surface area contributed by atoms with Crippen molar-refractivity contribution in [3.05, 3.63) is 45.7 Å². The van der Waals surface area contributed by atoms with Crippen LogP contribution in [-0.2, 0) is 4.79 Å². The molecule has 0 aliphatic heterocycles. The van der Waals surface area contributed by atoms with Gasteiger partial charge in [0.25, 0.3) is 5.91 Å². The van der Waals surface area contributed by atoms with Gasteiger partial charge in [0.05, 0.1) is 21.5 Å². The van der Waals surface area contributed by atoms with Crippen molar-refractivity contribution in [1.29, 1.82) is 0 Å². The first-order valence-corrected chi connectivity index (χ1v) is 7.46. The minimum atomic E-state index is -1.07. The van der Waals surface area contributed by atoms with E-state index in [-0.39, 0.29) is 0 Å². The molecule has 0 spiro atoms. The fraction of sp³-hybridized carbons (Fsp3) is 0.267. The predicted molar refractivity (Wildman–Crippen MR) is 85.3 cm³/mol. The molecule has 1 heterocycles. The van der Waals surface area contributed by atoms with Crippen LogP contribution in [0.1, 0.15) is 28.7 Å². The summed E-state index contributed by atoms with van der Waals surface area (Å²) in [4.78, 5) is 22.7. The molecule has 2 rings (SSSR count). The number of carbonyl (C=O) groups excluding carboxylic acids is 1. The van der Waals surface area contributed by atoms with Crippen LogP contribution in [-0.4, -0.2) is 32.8 Å². The van der Waals surface area contributed by atoms with Crippen molar-refractivity contribution in [3.8, 4) is 5.69 Å². The van der Waals surface area contributed by atoms with Crippen LogP contribution in [0.4, 0.5) is 0 Å². The Hall–Kier alpha value is -2.15. The molecule has 1 aromatic carbocycles. The first kappa shape index (κ1) is 16.2. The number of benzene rings is 1. The number of carboxylic acids is 1. The fourth-order valence-electron chi connectivity index (χ4n) is 1.97. The first-order chi connectivity index (χ1) is 10.3. The molecule has 0 fully saturated rings. The fourth-order valence-corrected chi connectivity index (χ4v) is 2.22. The normalized spacial score (nSPS) is 12.0. The van der Waals surface area contributed by atoms with Gasteiger partial charge in [-0.05, 0) is 61.0 Å². The van der Waals surface area contributed by atoms with Crippen LogP contribution in [0.2, 0.25) is 0 Å².